The van der Waals surface area contributed by atoms with E-state index in [0.29, 0.717) is 52.1 Å². The summed E-state index contributed by atoms with van der Waals surface area (Å²) in [6.07, 6.45) is -4.61. The van der Waals surface area contributed by atoms with Crippen LogP contribution in [0.25, 0.3) is 10.9 Å². The monoisotopic (exact) mass is 553 g/mol. The number of carbonyl (C=O) groups is 2. The Labute approximate surface area is 227 Å². The zero-order valence-electron chi connectivity index (χ0n) is 21.9. The van der Waals surface area contributed by atoms with Crippen LogP contribution in [0.3, 0.4) is 0 Å². The Bertz CT molecular complexity index is 1600. The summed E-state index contributed by atoms with van der Waals surface area (Å²) in [6, 6.07) is 17.6. The topological polar surface area (TPSA) is 87.0 Å². The minimum absolute atomic E-state index is 0.343. The Balaban J connectivity index is 1.67. The number of carboxylic acids is 1. The van der Waals surface area contributed by atoms with E-state index in [9.17, 15) is 27.9 Å². The summed E-state index contributed by atoms with van der Waals surface area (Å²) in [6.45, 7) is 3.20. The van der Waals surface area contributed by atoms with Crippen LogP contribution in [0.15, 0.2) is 66.7 Å². The van der Waals surface area contributed by atoms with E-state index in [4.69, 9.17) is 9.47 Å². The molecule has 1 aromatic heterocycles. The molecule has 10 heteroatoms. The maximum Gasteiger partial charge on any atom is 0.573 e. The molecular weight excluding hydrogens is 527 g/mol. The number of rotatable bonds is 8. The Hall–Kier alpha value is -4.47. The Morgan fingerprint density at radius 1 is 0.975 bits per heavy atom. The fourth-order valence-electron chi connectivity index (χ4n) is 5.25. The van der Waals surface area contributed by atoms with E-state index >= 15 is 0 Å². The lowest BCUT2D eigenvalue weighted by molar-refractivity contribution is -0.274. The van der Waals surface area contributed by atoms with E-state index in [1.165, 1.54) is 36.8 Å². The van der Waals surface area contributed by atoms with Crippen molar-refractivity contribution in [3.63, 3.8) is 0 Å². The fraction of sp³-hybridized carbons (Fsp3) is 0.267. The van der Waals surface area contributed by atoms with Gasteiger partial charge in [0.2, 0.25) is 0 Å². The molecule has 1 aliphatic rings. The highest BCUT2D eigenvalue weighted by atomic mass is 19.4. The second kappa shape index (κ2) is 9.93. The van der Waals surface area contributed by atoms with E-state index in [0.717, 1.165) is 5.56 Å². The van der Waals surface area contributed by atoms with Gasteiger partial charge in [0.05, 0.1) is 12.6 Å². The van der Waals surface area contributed by atoms with Crippen molar-refractivity contribution in [3.8, 4) is 17.2 Å². The lowest BCUT2D eigenvalue weighted by atomic mass is 9.86. The molecule has 0 radical (unpaired) electrons. The molecule has 0 aliphatic heterocycles. The number of nitrogens with zero attached hydrogens (tertiary/aromatic N) is 1. The molecule has 0 amide bonds. The number of fused-ring (bicyclic) bond motifs is 1. The molecule has 1 unspecified atom stereocenters. The number of carbonyl (C=O) groups excluding carboxylic acids is 1. The first-order valence-corrected chi connectivity index (χ1v) is 12.5. The van der Waals surface area contributed by atoms with Gasteiger partial charge in [-0.1, -0.05) is 12.1 Å². The summed E-state index contributed by atoms with van der Waals surface area (Å²) in [4.78, 5) is 25.1. The predicted octanol–water partition coefficient (Wildman–Crippen LogP) is 6.48. The summed E-state index contributed by atoms with van der Waals surface area (Å²) in [5, 5.41) is 9.71. The Morgan fingerprint density at radius 3 is 2.25 bits per heavy atom. The summed E-state index contributed by atoms with van der Waals surface area (Å²) in [7, 11) is 1.52. The molecule has 40 heavy (non-hydrogen) atoms. The largest absolute Gasteiger partial charge is 0.573 e. The SMILES string of the molecule is COc1ccc(C(=O)n2c(C)c(C3(c4cccc(OC(C)C(=O)O)c4)CC3)c3cc(OC(F)(F)F)ccc32)cc1. The number of aliphatic carboxylic acids is 1. The molecule has 1 saturated carbocycles. The minimum atomic E-state index is -4.88. The van der Waals surface area contributed by atoms with E-state index in [1.807, 2.05) is 6.07 Å². The van der Waals surface area contributed by atoms with Crippen molar-refractivity contribution in [2.75, 3.05) is 7.11 Å². The molecule has 0 saturated heterocycles. The van der Waals surface area contributed by atoms with Crippen molar-refractivity contribution in [1.82, 2.24) is 4.57 Å². The highest BCUT2D eigenvalue weighted by Crippen LogP contribution is 2.57. The second-order valence-electron chi connectivity index (χ2n) is 9.76. The van der Waals surface area contributed by atoms with Gasteiger partial charge in [-0.3, -0.25) is 9.36 Å². The number of aromatic nitrogens is 1. The summed E-state index contributed by atoms with van der Waals surface area (Å²) in [5.74, 6) is -0.908. The van der Waals surface area contributed by atoms with Crippen molar-refractivity contribution in [3.05, 3.63) is 89.1 Å². The third-order valence-electron chi connectivity index (χ3n) is 7.22. The van der Waals surface area contributed by atoms with E-state index in [1.54, 1.807) is 49.4 Å². The van der Waals surface area contributed by atoms with Crippen LogP contribution < -0.4 is 14.2 Å². The van der Waals surface area contributed by atoms with Gasteiger partial charge in [-0.05, 0) is 92.4 Å². The van der Waals surface area contributed by atoms with Gasteiger partial charge in [-0.15, -0.1) is 13.2 Å². The first kappa shape index (κ1) is 27.1. The van der Waals surface area contributed by atoms with Crippen LogP contribution in [0.4, 0.5) is 13.2 Å². The van der Waals surface area contributed by atoms with Gasteiger partial charge in [0.15, 0.2) is 6.10 Å². The maximum absolute atomic E-state index is 13.8. The summed E-state index contributed by atoms with van der Waals surface area (Å²) in [5.41, 5.74) is 2.31. The molecule has 0 spiro atoms. The number of methoxy groups -OCH3 is 1. The number of halogens is 3. The highest BCUT2D eigenvalue weighted by molar-refractivity contribution is 6.05. The maximum atomic E-state index is 13.8. The van der Waals surface area contributed by atoms with Crippen LogP contribution >= 0.6 is 0 Å². The number of hydrogen-bond donors (Lipinski definition) is 1. The molecule has 1 fully saturated rings. The first-order valence-electron chi connectivity index (χ1n) is 12.5. The third-order valence-corrected chi connectivity index (χ3v) is 7.22. The molecule has 1 aliphatic carbocycles. The predicted molar refractivity (Wildman–Crippen MR) is 140 cm³/mol. The smallest absolute Gasteiger partial charge is 0.497 e. The van der Waals surface area contributed by atoms with Crippen molar-refractivity contribution in [1.29, 1.82) is 0 Å². The number of benzene rings is 3. The van der Waals surface area contributed by atoms with Gasteiger partial charge in [-0.25, -0.2) is 4.79 Å². The average Bonchev–Trinajstić information content (AvgIpc) is 3.65. The zero-order chi connectivity index (χ0) is 28.8. The number of alkyl halides is 3. The number of hydrogen-bond acceptors (Lipinski definition) is 5. The molecule has 0 bridgehead atoms. The average molecular weight is 554 g/mol. The molecular formula is C30H26F3NO6. The molecule has 208 valence electrons. The quantitative estimate of drug-likeness (QED) is 0.269. The van der Waals surface area contributed by atoms with Crippen LogP contribution in [0.1, 0.15) is 46.9 Å². The Morgan fingerprint density at radius 2 is 1.65 bits per heavy atom. The van der Waals surface area contributed by atoms with Crippen LogP contribution in [-0.4, -0.2) is 41.1 Å². The van der Waals surface area contributed by atoms with Gasteiger partial charge >= 0.3 is 12.3 Å². The van der Waals surface area contributed by atoms with Crippen molar-refractivity contribution in [2.45, 2.75) is 44.6 Å². The third kappa shape index (κ3) is 4.97. The van der Waals surface area contributed by atoms with Crippen LogP contribution in [-0.2, 0) is 10.2 Å². The van der Waals surface area contributed by atoms with E-state index < -0.39 is 29.6 Å². The minimum Gasteiger partial charge on any atom is -0.497 e. The standard InChI is InChI=1S/C30H26F3NO6/c1-17-26(29(13-14-29)20-5-4-6-22(15-20)39-18(2)28(36)37)24-16-23(40-30(31,32)33)11-12-25(24)34(17)27(35)19-7-9-21(38-3)10-8-19/h4-12,15-16,18H,13-14H2,1-3H3,(H,36,37). The lowest BCUT2D eigenvalue weighted by Gasteiger charge is -2.19. The van der Waals surface area contributed by atoms with Crippen LogP contribution in [0.5, 0.6) is 17.2 Å². The number of carboxylic acid groups (broad SMARTS) is 1. The molecule has 1 N–H and O–H groups in total. The molecule has 5 rings (SSSR count). The fourth-order valence-corrected chi connectivity index (χ4v) is 5.25. The van der Waals surface area contributed by atoms with E-state index in [-0.39, 0.29) is 5.91 Å². The Kier molecular flexibility index (Phi) is 6.73. The van der Waals surface area contributed by atoms with Gasteiger partial charge in [0.1, 0.15) is 17.2 Å². The van der Waals surface area contributed by atoms with Gasteiger partial charge in [-0.2, -0.15) is 0 Å². The second-order valence-corrected chi connectivity index (χ2v) is 9.76. The molecule has 1 atom stereocenters. The first-order chi connectivity index (χ1) is 18.9. The zero-order valence-corrected chi connectivity index (χ0v) is 21.9. The van der Waals surface area contributed by atoms with Crippen molar-refractivity contribution >= 4 is 22.8 Å². The van der Waals surface area contributed by atoms with Crippen molar-refractivity contribution in [2.24, 2.45) is 0 Å². The van der Waals surface area contributed by atoms with Crippen LogP contribution in [0, 0.1) is 6.92 Å². The van der Waals surface area contributed by atoms with Crippen molar-refractivity contribution < 1.29 is 42.1 Å². The summed E-state index contributed by atoms with van der Waals surface area (Å²) < 4.78 is 55.8. The van der Waals surface area contributed by atoms with Crippen LogP contribution in [0.2, 0.25) is 0 Å². The number of ether oxygens (including phenoxy) is 3. The molecule has 4 aromatic rings. The van der Waals surface area contributed by atoms with Gasteiger partial charge in [0, 0.05) is 22.1 Å². The van der Waals surface area contributed by atoms with E-state index in [2.05, 4.69) is 4.74 Å². The molecule has 7 nitrogen and oxygen atoms in total. The highest BCUT2D eigenvalue weighted by Gasteiger charge is 2.49. The van der Waals surface area contributed by atoms with Gasteiger partial charge < -0.3 is 19.3 Å². The normalized spacial score (nSPS) is 14.9. The van der Waals surface area contributed by atoms with Gasteiger partial charge in [0.25, 0.3) is 5.91 Å². The lowest BCUT2D eigenvalue weighted by Crippen LogP contribution is -2.23. The summed E-state index contributed by atoms with van der Waals surface area (Å²) >= 11 is 0. The molecule has 1 heterocycles. The molecule has 3 aromatic carbocycles.